The van der Waals surface area contributed by atoms with Gasteiger partial charge in [0.05, 0.1) is 5.60 Å². The number of nitrogens with one attached hydrogen (secondary N) is 1. The zero-order valence-corrected chi connectivity index (χ0v) is 13.0. The molecule has 3 nitrogen and oxygen atoms in total. The molecule has 0 aromatic carbocycles. The van der Waals surface area contributed by atoms with E-state index in [1.807, 2.05) is 6.92 Å². The minimum Gasteiger partial charge on any atom is -0.389 e. The van der Waals surface area contributed by atoms with Crippen LogP contribution in [0, 0.1) is 11.3 Å². The third-order valence-corrected chi connectivity index (χ3v) is 5.05. The molecular formula is C16H32N2O. The first-order valence-corrected chi connectivity index (χ1v) is 8.04. The Morgan fingerprint density at radius 2 is 2.11 bits per heavy atom. The van der Waals surface area contributed by atoms with Crippen LogP contribution in [-0.2, 0) is 0 Å². The number of nitrogens with zero attached hydrogens (tertiary/aromatic N) is 1. The number of β-amino-alcohol motifs (C(OH)–C–C–N with tert-alkyl or cyclic N) is 1. The molecule has 0 aromatic rings. The van der Waals surface area contributed by atoms with Gasteiger partial charge in [0.15, 0.2) is 0 Å². The Balaban J connectivity index is 1.99. The second-order valence-electron chi connectivity index (χ2n) is 7.54. The summed E-state index contributed by atoms with van der Waals surface area (Å²) in [5.41, 5.74) is -0.0425. The monoisotopic (exact) mass is 268 g/mol. The lowest BCUT2D eigenvalue weighted by atomic mass is 9.69. The molecule has 1 saturated heterocycles. The van der Waals surface area contributed by atoms with E-state index in [9.17, 15) is 5.11 Å². The first kappa shape index (κ1) is 15.3. The maximum absolute atomic E-state index is 10.3. The smallest absolute Gasteiger partial charge is 0.0746 e. The van der Waals surface area contributed by atoms with E-state index in [1.165, 1.54) is 25.7 Å². The van der Waals surface area contributed by atoms with Crippen molar-refractivity contribution in [2.75, 3.05) is 33.2 Å². The minimum atomic E-state index is -0.473. The van der Waals surface area contributed by atoms with Crippen molar-refractivity contribution in [3.05, 3.63) is 0 Å². The van der Waals surface area contributed by atoms with Crippen LogP contribution in [0.5, 0.6) is 0 Å². The highest BCUT2D eigenvalue weighted by Gasteiger charge is 2.38. The van der Waals surface area contributed by atoms with E-state index in [-0.39, 0.29) is 0 Å². The van der Waals surface area contributed by atoms with Gasteiger partial charge in [-0.15, -0.1) is 0 Å². The van der Waals surface area contributed by atoms with Gasteiger partial charge in [0.25, 0.3) is 0 Å². The highest BCUT2D eigenvalue weighted by molar-refractivity contribution is 4.92. The van der Waals surface area contributed by atoms with E-state index in [2.05, 4.69) is 24.2 Å². The maximum atomic E-state index is 10.3. The van der Waals surface area contributed by atoms with Crippen LogP contribution in [-0.4, -0.2) is 48.8 Å². The quantitative estimate of drug-likeness (QED) is 0.821. The summed E-state index contributed by atoms with van der Waals surface area (Å²) >= 11 is 0. The van der Waals surface area contributed by atoms with Gasteiger partial charge >= 0.3 is 0 Å². The van der Waals surface area contributed by atoms with Gasteiger partial charge in [0, 0.05) is 19.6 Å². The van der Waals surface area contributed by atoms with Gasteiger partial charge in [0.1, 0.15) is 0 Å². The first-order chi connectivity index (χ1) is 8.95. The van der Waals surface area contributed by atoms with Crippen molar-refractivity contribution in [1.29, 1.82) is 0 Å². The summed E-state index contributed by atoms with van der Waals surface area (Å²) in [5.74, 6) is 0.854. The maximum Gasteiger partial charge on any atom is 0.0746 e. The topological polar surface area (TPSA) is 35.5 Å². The van der Waals surface area contributed by atoms with E-state index in [4.69, 9.17) is 0 Å². The van der Waals surface area contributed by atoms with Crippen LogP contribution in [0.2, 0.25) is 0 Å². The summed E-state index contributed by atoms with van der Waals surface area (Å²) in [4.78, 5) is 2.51. The molecule has 0 spiro atoms. The van der Waals surface area contributed by atoms with Gasteiger partial charge in [-0.2, -0.15) is 0 Å². The molecule has 0 amide bonds. The summed E-state index contributed by atoms with van der Waals surface area (Å²) in [6.07, 6.45) is 7.54. The summed E-state index contributed by atoms with van der Waals surface area (Å²) in [6.45, 7) is 8.69. The van der Waals surface area contributed by atoms with Crippen LogP contribution >= 0.6 is 0 Å². The van der Waals surface area contributed by atoms with Crippen molar-refractivity contribution >= 4 is 0 Å². The van der Waals surface area contributed by atoms with Crippen LogP contribution in [0.15, 0.2) is 0 Å². The van der Waals surface area contributed by atoms with Crippen LogP contribution in [0.3, 0.4) is 0 Å². The number of rotatable bonds is 4. The lowest BCUT2D eigenvalue weighted by Gasteiger charge is -2.46. The number of piperidine rings is 1. The van der Waals surface area contributed by atoms with E-state index >= 15 is 0 Å². The van der Waals surface area contributed by atoms with Crippen LogP contribution in [0.4, 0.5) is 0 Å². The second-order valence-corrected chi connectivity index (χ2v) is 7.54. The average Bonchev–Trinajstić information content (AvgIpc) is 2.27. The van der Waals surface area contributed by atoms with Gasteiger partial charge in [-0.05, 0) is 57.5 Å². The highest BCUT2D eigenvalue weighted by Crippen LogP contribution is 2.40. The number of aliphatic hydroxyl groups is 1. The van der Waals surface area contributed by atoms with Gasteiger partial charge < -0.3 is 10.4 Å². The first-order valence-electron chi connectivity index (χ1n) is 8.04. The lowest BCUT2D eigenvalue weighted by molar-refractivity contribution is -0.0352. The van der Waals surface area contributed by atoms with Crippen LogP contribution < -0.4 is 5.32 Å². The third kappa shape index (κ3) is 4.17. The number of hydrogen-bond donors (Lipinski definition) is 2. The fourth-order valence-electron chi connectivity index (χ4n) is 4.44. The summed E-state index contributed by atoms with van der Waals surface area (Å²) < 4.78 is 0. The molecule has 2 aliphatic rings. The molecule has 112 valence electrons. The Kier molecular flexibility index (Phi) is 4.91. The largest absolute Gasteiger partial charge is 0.389 e. The molecule has 2 N–H and O–H groups in total. The Morgan fingerprint density at radius 3 is 2.74 bits per heavy atom. The van der Waals surface area contributed by atoms with E-state index in [0.717, 1.165) is 44.9 Å². The summed E-state index contributed by atoms with van der Waals surface area (Å²) in [5, 5.41) is 13.7. The molecule has 1 aliphatic heterocycles. The minimum absolute atomic E-state index is 0.430. The summed E-state index contributed by atoms with van der Waals surface area (Å²) in [7, 11) is 2.08. The molecule has 3 atom stereocenters. The zero-order valence-electron chi connectivity index (χ0n) is 13.0. The molecular weight excluding hydrogens is 236 g/mol. The molecule has 1 heterocycles. The van der Waals surface area contributed by atoms with Crippen molar-refractivity contribution in [3.8, 4) is 0 Å². The molecule has 0 aromatic heterocycles. The summed E-state index contributed by atoms with van der Waals surface area (Å²) in [6, 6.07) is 0. The van der Waals surface area contributed by atoms with Crippen molar-refractivity contribution in [2.45, 2.75) is 58.0 Å². The third-order valence-electron chi connectivity index (χ3n) is 5.05. The van der Waals surface area contributed by atoms with Crippen LogP contribution in [0.1, 0.15) is 52.4 Å². The van der Waals surface area contributed by atoms with Crippen molar-refractivity contribution in [1.82, 2.24) is 10.2 Å². The van der Waals surface area contributed by atoms with Crippen molar-refractivity contribution in [3.63, 3.8) is 0 Å². The molecule has 1 aliphatic carbocycles. The van der Waals surface area contributed by atoms with Gasteiger partial charge in [-0.1, -0.05) is 19.8 Å². The van der Waals surface area contributed by atoms with E-state index in [1.54, 1.807) is 0 Å². The molecule has 3 heteroatoms. The number of likely N-dealkylation sites (tertiary alicyclic amines) is 1. The van der Waals surface area contributed by atoms with Crippen molar-refractivity contribution < 1.29 is 5.11 Å². The van der Waals surface area contributed by atoms with E-state index < -0.39 is 5.60 Å². The lowest BCUT2D eigenvalue weighted by Crippen LogP contribution is -2.52. The molecule has 1 saturated carbocycles. The Bertz CT molecular complexity index is 288. The predicted molar refractivity (Wildman–Crippen MR) is 80.3 cm³/mol. The van der Waals surface area contributed by atoms with Crippen LogP contribution in [0.25, 0.3) is 0 Å². The van der Waals surface area contributed by atoms with Gasteiger partial charge in [-0.25, -0.2) is 0 Å². The van der Waals surface area contributed by atoms with Gasteiger partial charge in [-0.3, -0.25) is 4.90 Å². The second kappa shape index (κ2) is 6.11. The Morgan fingerprint density at radius 1 is 1.32 bits per heavy atom. The number of hydrogen-bond acceptors (Lipinski definition) is 3. The fourth-order valence-corrected chi connectivity index (χ4v) is 4.44. The molecule has 19 heavy (non-hydrogen) atoms. The zero-order chi connectivity index (χ0) is 13.9. The molecule has 2 fully saturated rings. The van der Waals surface area contributed by atoms with Gasteiger partial charge in [0.2, 0.25) is 0 Å². The SMILES string of the molecule is CNCC1(CN2CCCC(C)(O)C2)CCCC(C)C1. The molecule has 2 rings (SSSR count). The standard InChI is InChI=1S/C16H32N2O/c1-14-6-4-8-16(10-14,11-17-3)13-18-9-5-7-15(2,19)12-18/h14,17,19H,4-13H2,1-3H3. The normalized spacial score (nSPS) is 41.4. The van der Waals surface area contributed by atoms with E-state index in [0.29, 0.717) is 5.41 Å². The molecule has 3 unspecified atom stereocenters. The van der Waals surface area contributed by atoms with Crippen molar-refractivity contribution in [2.24, 2.45) is 11.3 Å². The average molecular weight is 268 g/mol. The molecule has 0 bridgehead atoms. The Hall–Kier alpha value is -0.120. The molecule has 0 radical (unpaired) electrons. The highest BCUT2D eigenvalue weighted by atomic mass is 16.3. The Labute approximate surface area is 118 Å². The fraction of sp³-hybridized carbons (Fsp3) is 1.00. The predicted octanol–water partition coefficient (Wildman–Crippen LogP) is 2.25.